The average molecular weight is 184 g/mol. The van der Waals surface area contributed by atoms with Crippen molar-refractivity contribution in [3.63, 3.8) is 0 Å². The van der Waals surface area contributed by atoms with Crippen LogP contribution in [0.4, 0.5) is 0 Å². The SMILES string of the molecule is CCOc1nc(C)c(C(=O)NC)o1. The zero-order chi connectivity index (χ0) is 9.84. The Morgan fingerprint density at radius 2 is 2.38 bits per heavy atom. The number of nitrogens with zero attached hydrogens (tertiary/aromatic N) is 1. The van der Waals surface area contributed by atoms with Gasteiger partial charge < -0.3 is 14.5 Å². The molecule has 0 fully saturated rings. The summed E-state index contributed by atoms with van der Waals surface area (Å²) >= 11 is 0. The van der Waals surface area contributed by atoms with E-state index in [2.05, 4.69) is 10.3 Å². The van der Waals surface area contributed by atoms with E-state index in [1.54, 1.807) is 6.92 Å². The number of hydrogen-bond acceptors (Lipinski definition) is 4. The molecular formula is C8H12N2O3. The van der Waals surface area contributed by atoms with Gasteiger partial charge in [0.05, 0.1) is 12.3 Å². The van der Waals surface area contributed by atoms with Crippen LogP contribution in [0.1, 0.15) is 23.2 Å². The van der Waals surface area contributed by atoms with Gasteiger partial charge in [-0.2, -0.15) is 4.98 Å². The highest BCUT2D eigenvalue weighted by atomic mass is 16.6. The Balaban J connectivity index is 2.89. The number of nitrogens with one attached hydrogen (secondary N) is 1. The molecule has 1 rings (SSSR count). The Kier molecular flexibility index (Phi) is 2.89. The van der Waals surface area contributed by atoms with Gasteiger partial charge in [0.2, 0.25) is 5.76 Å². The van der Waals surface area contributed by atoms with Gasteiger partial charge >= 0.3 is 6.08 Å². The molecule has 0 spiro atoms. The van der Waals surface area contributed by atoms with Crippen molar-refractivity contribution in [3.05, 3.63) is 11.5 Å². The fraction of sp³-hybridized carbons (Fsp3) is 0.500. The summed E-state index contributed by atoms with van der Waals surface area (Å²) < 4.78 is 10.1. The number of carbonyl (C=O) groups is 1. The third kappa shape index (κ3) is 1.99. The van der Waals surface area contributed by atoms with Crippen LogP contribution in [-0.4, -0.2) is 24.5 Å². The maximum absolute atomic E-state index is 11.2. The summed E-state index contributed by atoms with van der Waals surface area (Å²) in [6, 6.07) is 0. The van der Waals surface area contributed by atoms with E-state index in [4.69, 9.17) is 9.15 Å². The fourth-order valence-electron chi connectivity index (χ4n) is 0.881. The van der Waals surface area contributed by atoms with E-state index < -0.39 is 0 Å². The number of aromatic nitrogens is 1. The number of oxazole rings is 1. The van der Waals surface area contributed by atoms with E-state index in [0.29, 0.717) is 12.3 Å². The van der Waals surface area contributed by atoms with Crippen molar-refractivity contribution in [2.24, 2.45) is 0 Å². The van der Waals surface area contributed by atoms with Gasteiger partial charge in [-0.05, 0) is 13.8 Å². The molecule has 1 aromatic rings. The molecule has 0 radical (unpaired) electrons. The van der Waals surface area contributed by atoms with Gasteiger partial charge in [-0.3, -0.25) is 4.79 Å². The van der Waals surface area contributed by atoms with Crippen LogP contribution in [0.5, 0.6) is 6.08 Å². The van der Waals surface area contributed by atoms with Crippen molar-refractivity contribution < 1.29 is 13.9 Å². The van der Waals surface area contributed by atoms with Crippen molar-refractivity contribution >= 4 is 5.91 Å². The summed E-state index contributed by atoms with van der Waals surface area (Å²) in [5.41, 5.74) is 0.530. The first-order valence-corrected chi connectivity index (χ1v) is 4.01. The number of amides is 1. The third-order valence-corrected chi connectivity index (χ3v) is 1.48. The van der Waals surface area contributed by atoms with Crippen LogP contribution < -0.4 is 10.1 Å². The summed E-state index contributed by atoms with van der Waals surface area (Å²) in [5, 5.41) is 2.45. The number of ether oxygens (including phenoxy) is 1. The number of carbonyl (C=O) groups excluding carboxylic acids is 1. The van der Waals surface area contributed by atoms with Gasteiger partial charge in [0.1, 0.15) is 0 Å². The first-order chi connectivity index (χ1) is 6.19. The van der Waals surface area contributed by atoms with Gasteiger partial charge in [-0.25, -0.2) is 0 Å². The summed E-state index contributed by atoms with van der Waals surface area (Å²) in [6.45, 7) is 3.98. The molecule has 0 atom stereocenters. The standard InChI is InChI=1S/C8H12N2O3/c1-4-12-8-10-5(2)6(13-8)7(11)9-3/h4H2,1-3H3,(H,9,11). The first kappa shape index (κ1) is 9.57. The van der Waals surface area contributed by atoms with Crippen LogP contribution >= 0.6 is 0 Å². The topological polar surface area (TPSA) is 64.4 Å². The Morgan fingerprint density at radius 1 is 1.69 bits per heavy atom. The lowest BCUT2D eigenvalue weighted by atomic mass is 10.3. The third-order valence-electron chi connectivity index (χ3n) is 1.48. The molecule has 5 nitrogen and oxygen atoms in total. The molecule has 1 N–H and O–H groups in total. The van der Waals surface area contributed by atoms with E-state index in [1.165, 1.54) is 7.05 Å². The zero-order valence-corrected chi connectivity index (χ0v) is 7.88. The summed E-state index contributed by atoms with van der Waals surface area (Å²) in [4.78, 5) is 15.1. The minimum absolute atomic E-state index is 0.138. The first-order valence-electron chi connectivity index (χ1n) is 4.01. The smallest absolute Gasteiger partial charge is 0.394 e. The van der Waals surface area contributed by atoms with Crippen molar-refractivity contribution in [2.75, 3.05) is 13.7 Å². The van der Waals surface area contributed by atoms with Gasteiger partial charge in [0.15, 0.2) is 0 Å². The van der Waals surface area contributed by atoms with Crippen molar-refractivity contribution in [3.8, 4) is 6.08 Å². The summed E-state index contributed by atoms with van der Waals surface area (Å²) in [7, 11) is 1.53. The molecule has 0 bridgehead atoms. The lowest BCUT2D eigenvalue weighted by molar-refractivity contribution is 0.0926. The van der Waals surface area contributed by atoms with Gasteiger partial charge in [0.25, 0.3) is 5.91 Å². The Hall–Kier alpha value is -1.52. The highest BCUT2D eigenvalue weighted by Crippen LogP contribution is 2.15. The van der Waals surface area contributed by atoms with Crippen LogP contribution in [-0.2, 0) is 0 Å². The molecule has 0 aliphatic heterocycles. The minimum Gasteiger partial charge on any atom is -0.450 e. The Labute approximate surface area is 76.1 Å². The van der Waals surface area contributed by atoms with E-state index >= 15 is 0 Å². The molecule has 0 aliphatic carbocycles. The predicted octanol–water partition coefficient (Wildman–Crippen LogP) is 0.741. The van der Waals surface area contributed by atoms with Crippen LogP contribution in [0, 0.1) is 6.92 Å². The Morgan fingerprint density at radius 3 is 2.92 bits per heavy atom. The van der Waals surface area contributed by atoms with E-state index in [1.807, 2.05) is 6.92 Å². The zero-order valence-electron chi connectivity index (χ0n) is 7.88. The molecule has 1 aromatic heterocycles. The lowest BCUT2D eigenvalue weighted by Crippen LogP contribution is -2.17. The summed E-state index contributed by atoms with van der Waals surface area (Å²) in [6.07, 6.45) is 0.138. The Bertz CT molecular complexity index is 306. The molecule has 0 aromatic carbocycles. The minimum atomic E-state index is -0.295. The van der Waals surface area contributed by atoms with Crippen molar-refractivity contribution in [1.29, 1.82) is 0 Å². The van der Waals surface area contributed by atoms with Gasteiger partial charge in [-0.1, -0.05) is 0 Å². The van der Waals surface area contributed by atoms with Gasteiger partial charge in [-0.15, -0.1) is 0 Å². The van der Waals surface area contributed by atoms with Crippen molar-refractivity contribution in [2.45, 2.75) is 13.8 Å². The lowest BCUT2D eigenvalue weighted by Gasteiger charge is -1.94. The maximum Gasteiger partial charge on any atom is 0.394 e. The van der Waals surface area contributed by atoms with Crippen LogP contribution in [0.15, 0.2) is 4.42 Å². The molecule has 0 aliphatic rings. The normalized spacial score (nSPS) is 9.77. The number of aryl methyl sites for hydroxylation is 1. The van der Waals surface area contributed by atoms with E-state index in [9.17, 15) is 4.79 Å². The predicted molar refractivity (Wildman–Crippen MR) is 45.8 cm³/mol. The molecular weight excluding hydrogens is 172 g/mol. The molecule has 72 valence electrons. The van der Waals surface area contributed by atoms with Gasteiger partial charge in [0, 0.05) is 7.05 Å². The van der Waals surface area contributed by atoms with E-state index in [0.717, 1.165) is 0 Å². The average Bonchev–Trinajstić information content (AvgIpc) is 2.46. The van der Waals surface area contributed by atoms with Crippen LogP contribution in [0.3, 0.4) is 0 Å². The highest BCUT2D eigenvalue weighted by molar-refractivity contribution is 5.92. The second-order valence-corrected chi connectivity index (χ2v) is 2.41. The van der Waals surface area contributed by atoms with Crippen LogP contribution in [0.2, 0.25) is 0 Å². The molecule has 1 heterocycles. The highest BCUT2D eigenvalue weighted by Gasteiger charge is 2.16. The molecule has 1 amide bonds. The summed E-state index contributed by atoms with van der Waals surface area (Å²) in [5.74, 6) is -0.0955. The quantitative estimate of drug-likeness (QED) is 0.752. The second-order valence-electron chi connectivity index (χ2n) is 2.41. The maximum atomic E-state index is 11.2. The van der Waals surface area contributed by atoms with Crippen molar-refractivity contribution in [1.82, 2.24) is 10.3 Å². The monoisotopic (exact) mass is 184 g/mol. The molecule has 0 unspecified atom stereocenters. The largest absolute Gasteiger partial charge is 0.450 e. The number of hydrogen-bond donors (Lipinski definition) is 1. The van der Waals surface area contributed by atoms with E-state index in [-0.39, 0.29) is 17.7 Å². The second kappa shape index (κ2) is 3.93. The molecule has 0 saturated carbocycles. The molecule has 0 saturated heterocycles. The molecule has 13 heavy (non-hydrogen) atoms. The molecule has 5 heteroatoms. The fourth-order valence-corrected chi connectivity index (χ4v) is 0.881. The number of rotatable bonds is 3. The van der Waals surface area contributed by atoms with Crippen LogP contribution in [0.25, 0.3) is 0 Å².